The molecule has 0 saturated heterocycles. The van der Waals surface area contributed by atoms with Crippen LogP contribution in [0.5, 0.6) is 0 Å². The number of esters is 1. The van der Waals surface area contributed by atoms with Crippen molar-refractivity contribution in [3.8, 4) is 0 Å². The molecule has 0 aliphatic carbocycles. The molecule has 0 heterocycles. The summed E-state index contributed by atoms with van der Waals surface area (Å²) in [5, 5.41) is 0.717. The summed E-state index contributed by atoms with van der Waals surface area (Å²) in [6, 6.07) is 0. The number of hydrogen-bond donors (Lipinski definition) is 0. The highest BCUT2D eigenvalue weighted by molar-refractivity contribution is 6.29. The van der Waals surface area contributed by atoms with Crippen molar-refractivity contribution in [2.75, 3.05) is 7.11 Å². The Labute approximate surface area is 84.9 Å². The predicted molar refractivity (Wildman–Crippen MR) is 54.6 cm³/mol. The van der Waals surface area contributed by atoms with Crippen LogP contribution < -0.4 is 0 Å². The number of halogens is 1. The molecule has 0 amide bonds. The third-order valence-electron chi connectivity index (χ3n) is 1.96. The molecule has 1 atom stereocenters. The van der Waals surface area contributed by atoms with E-state index in [0.29, 0.717) is 6.42 Å². The third-order valence-corrected chi connectivity index (χ3v) is 2.12. The molecular formula is C10H17ClO2. The Morgan fingerprint density at radius 3 is 2.38 bits per heavy atom. The Morgan fingerprint density at radius 2 is 2.08 bits per heavy atom. The normalized spacial score (nSPS) is 14.5. The number of methoxy groups -OCH3 is 1. The lowest BCUT2D eigenvalue weighted by molar-refractivity contribution is -0.146. The maximum Gasteiger partial charge on any atom is 0.309 e. The summed E-state index contributed by atoms with van der Waals surface area (Å²) in [6.45, 7) is 5.80. The summed E-state index contributed by atoms with van der Waals surface area (Å²) in [4.78, 5) is 11.3. The molecule has 0 aromatic carbocycles. The largest absolute Gasteiger partial charge is 0.469 e. The molecule has 0 aliphatic heterocycles. The van der Waals surface area contributed by atoms with Crippen molar-refractivity contribution in [2.45, 2.75) is 27.2 Å². The van der Waals surface area contributed by atoms with Crippen LogP contribution in [0.15, 0.2) is 11.1 Å². The van der Waals surface area contributed by atoms with Crippen LogP contribution in [0.3, 0.4) is 0 Å². The van der Waals surface area contributed by atoms with Crippen molar-refractivity contribution < 1.29 is 9.53 Å². The van der Waals surface area contributed by atoms with Crippen molar-refractivity contribution in [3.05, 3.63) is 11.1 Å². The van der Waals surface area contributed by atoms with E-state index in [9.17, 15) is 4.79 Å². The maximum absolute atomic E-state index is 11.3. The SMILES string of the molecule is COC(=O)C(CC=C(C)Cl)C(C)C. The van der Waals surface area contributed by atoms with Gasteiger partial charge in [0.15, 0.2) is 0 Å². The topological polar surface area (TPSA) is 26.3 Å². The van der Waals surface area contributed by atoms with E-state index in [1.807, 2.05) is 19.9 Å². The second-order valence-corrected chi connectivity index (χ2v) is 4.00. The van der Waals surface area contributed by atoms with Gasteiger partial charge in [0.25, 0.3) is 0 Å². The van der Waals surface area contributed by atoms with Crippen LogP contribution >= 0.6 is 11.6 Å². The van der Waals surface area contributed by atoms with Gasteiger partial charge in [0.2, 0.25) is 0 Å². The number of allylic oxidation sites excluding steroid dienone is 2. The molecule has 76 valence electrons. The fourth-order valence-corrected chi connectivity index (χ4v) is 1.17. The quantitative estimate of drug-likeness (QED) is 0.659. The molecule has 0 bridgehead atoms. The van der Waals surface area contributed by atoms with Crippen molar-refractivity contribution in [3.63, 3.8) is 0 Å². The number of rotatable bonds is 4. The second kappa shape index (κ2) is 6.03. The Hall–Kier alpha value is -0.500. The van der Waals surface area contributed by atoms with Gasteiger partial charge in [-0.2, -0.15) is 0 Å². The van der Waals surface area contributed by atoms with Crippen LogP contribution in [0.2, 0.25) is 0 Å². The van der Waals surface area contributed by atoms with Gasteiger partial charge < -0.3 is 4.74 Å². The fraction of sp³-hybridized carbons (Fsp3) is 0.700. The zero-order valence-electron chi connectivity index (χ0n) is 8.63. The molecule has 13 heavy (non-hydrogen) atoms. The summed E-state index contributed by atoms with van der Waals surface area (Å²) >= 11 is 5.68. The van der Waals surface area contributed by atoms with Crippen LogP contribution in [-0.4, -0.2) is 13.1 Å². The summed E-state index contributed by atoms with van der Waals surface area (Å²) < 4.78 is 4.69. The van der Waals surface area contributed by atoms with E-state index in [0.717, 1.165) is 5.03 Å². The highest BCUT2D eigenvalue weighted by atomic mass is 35.5. The Balaban J connectivity index is 4.27. The molecule has 0 fully saturated rings. The molecule has 0 aromatic rings. The molecule has 0 N–H and O–H groups in total. The molecule has 1 unspecified atom stereocenters. The van der Waals surface area contributed by atoms with Crippen LogP contribution in [0.1, 0.15) is 27.2 Å². The average molecular weight is 205 g/mol. The zero-order valence-corrected chi connectivity index (χ0v) is 9.39. The molecule has 3 heteroatoms. The Bertz CT molecular complexity index is 193. The number of carbonyl (C=O) groups excluding carboxylic acids is 1. The highest BCUT2D eigenvalue weighted by Crippen LogP contribution is 2.18. The first-order valence-electron chi connectivity index (χ1n) is 4.39. The van der Waals surface area contributed by atoms with E-state index in [1.165, 1.54) is 7.11 Å². The second-order valence-electron chi connectivity index (χ2n) is 3.40. The molecule has 2 nitrogen and oxygen atoms in total. The van der Waals surface area contributed by atoms with Gasteiger partial charge in [-0.25, -0.2) is 0 Å². The van der Waals surface area contributed by atoms with Crippen LogP contribution in [-0.2, 0) is 9.53 Å². The first-order valence-corrected chi connectivity index (χ1v) is 4.77. The van der Waals surface area contributed by atoms with Crippen molar-refractivity contribution >= 4 is 17.6 Å². The van der Waals surface area contributed by atoms with Crippen molar-refractivity contribution in [2.24, 2.45) is 11.8 Å². The average Bonchev–Trinajstić information content (AvgIpc) is 2.03. The molecule has 0 spiro atoms. The van der Waals surface area contributed by atoms with Gasteiger partial charge in [-0.1, -0.05) is 31.5 Å². The lowest BCUT2D eigenvalue weighted by Gasteiger charge is -2.16. The molecule has 0 radical (unpaired) electrons. The Kier molecular flexibility index (Phi) is 5.80. The minimum Gasteiger partial charge on any atom is -0.469 e. The lowest BCUT2D eigenvalue weighted by Crippen LogP contribution is -2.20. The molecule has 0 aliphatic rings. The number of carbonyl (C=O) groups is 1. The first-order chi connectivity index (χ1) is 5.99. The van der Waals surface area contributed by atoms with E-state index >= 15 is 0 Å². The summed E-state index contributed by atoms with van der Waals surface area (Å²) in [7, 11) is 1.41. The summed E-state index contributed by atoms with van der Waals surface area (Å²) in [6.07, 6.45) is 2.50. The smallest absolute Gasteiger partial charge is 0.309 e. The monoisotopic (exact) mass is 204 g/mol. The summed E-state index contributed by atoms with van der Waals surface area (Å²) in [5.74, 6) is 0.0302. The van der Waals surface area contributed by atoms with Gasteiger partial charge in [-0.15, -0.1) is 0 Å². The van der Waals surface area contributed by atoms with Crippen molar-refractivity contribution in [1.29, 1.82) is 0 Å². The molecule has 0 saturated carbocycles. The lowest BCUT2D eigenvalue weighted by atomic mass is 9.92. The molecular weight excluding hydrogens is 188 g/mol. The Morgan fingerprint density at radius 1 is 1.54 bits per heavy atom. The first kappa shape index (κ1) is 12.5. The van der Waals surface area contributed by atoms with Gasteiger partial charge in [0.1, 0.15) is 0 Å². The maximum atomic E-state index is 11.3. The van der Waals surface area contributed by atoms with Gasteiger partial charge in [0.05, 0.1) is 13.0 Å². The fourth-order valence-electron chi connectivity index (χ4n) is 1.08. The van der Waals surface area contributed by atoms with E-state index < -0.39 is 0 Å². The minimum absolute atomic E-state index is 0.0845. The minimum atomic E-state index is -0.163. The van der Waals surface area contributed by atoms with E-state index in [-0.39, 0.29) is 17.8 Å². The van der Waals surface area contributed by atoms with Gasteiger partial charge in [-0.3, -0.25) is 4.79 Å². The van der Waals surface area contributed by atoms with E-state index in [4.69, 9.17) is 16.3 Å². The van der Waals surface area contributed by atoms with Gasteiger partial charge >= 0.3 is 5.97 Å². The van der Waals surface area contributed by atoms with Crippen LogP contribution in [0.25, 0.3) is 0 Å². The van der Waals surface area contributed by atoms with Gasteiger partial charge in [-0.05, 0) is 19.3 Å². The summed E-state index contributed by atoms with van der Waals surface area (Å²) in [5.41, 5.74) is 0. The van der Waals surface area contributed by atoms with Crippen LogP contribution in [0.4, 0.5) is 0 Å². The van der Waals surface area contributed by atoms with Crippen LogP contribution in [0, 0.1) is 11.8 Å². The van der Waals surface area contributed by atoms with Crippen molar-refractivity contribution in [1.82, 2.24) is 0 Å². The number of ether oxygens (including phenoxy) is 1. The molecule has 0 aromatic heterocycles. The van der Waals surface area contributed by atoms with E-state index in [1.54, 1.807) is 6.92 Å². The highest BCUT2D eigenvalue weighted by Gasteiger charge is 2.21. The molecule has 0 rings (SSSR count). The van der Waals surface area contributed by atoms with Gasteiger partial charge in [0, 0.05) is 5.03 Å². The zero-order chi connectivity index (χ0) is 10.4. The predicted octanol–water partition coefficient (Wildman–Crippen LogP) is 2.96. The van der Waals surface area contributed by atoms with E-state index in [2.05, 4.69) is 0 Å². The standard InChI is InChI=1S/C10H17ClO2/c1-7(2)9(10(12)13-4)6-5-8(3)11/h5,7,9H,6H2,1-4H3. The number of hydrogen-bond acceptors (Lipinski definition) is 2. The third kappa shape index (κ3) is 4.94.